The molecule has 0 unspecified atom stereocenters. The molecule has 2 nitrogen and oxygen atoms in total. The summed E-state index contributed by atoms with van der Waals surface area (Å²) >= 11 is 0. The van der Waals surface area contributed by atoms with E-state index in [1.807, 2.05) is 12.1 Å². The fourth-order valence-electron chi connectivity index (χ4n) is 8.28. The first-order valence-corrected chi connectivity index (χ1v) is 17.8. The van der Waals surface area contributed by atoms with Crippen molar-refractivity contribution >= 4 is 65.3 Å². The molecule has 2 aromatic heterocycles. The molecule has 0 aliphatic heterocycles. The van der Waals surface area contributed by atoms with Gasteiger partial charge in [0.25, 0.3) is 0 Å². The van der Waals surface area contributed by atoms with E-state index in [-0.39, 0.29) is 0 Å². The highest BCUT2D eigenvalue weighted by atomic mass is 16.3. The number of furan rings is 1. The Bertz CT molecular complexity index is 3160. The summed E-state index contributed by atoms with van der Waals surface area (Å²) in [5.74, 6) is 0. The summed E-state index contributed by atoms with van der Waals surface area (Å²) < 4.78 is 8.45. The van der Waals surface area contributed by atoms with E-state index in [0.29, 0.717) is 0 Å². The maximum absolute atomic E-state index is 6.05. The second-order valence-electron chi connectivity index (χ2n) is 13.7. The maximum atomic E-state index is 6.05. The van der Waals surface area contributed by atoms with Crippen LogP contribution in [0.4, 0.5) is 0 Å². The largest absolute Gasteiger partial charge is 0.456 e. The fraction of sp³-hybridized carbons (Fsp3) is 0. The number of para-hydroxylation sites is 2. The lowest BCUT2D eigenvalue weighted by Gasteiger charge is -2.12. The van der Waals surface area contributed by atoms with Crippen molar-refractivity contribution in [3.63, 3.8) is 0 Å². The highest BCUT2D eigenvalue weighted by Crippen LogP contribution is 2.40. The molecule has 0 amide bonds. The highest BCUT2D eigenvalue weighted by Gasteiger charge is 2.15. The number of nitrogens with zero attached hydrogens (tertiary/aromatic N) is 1. The highest BCUT2D eigenvalue weighted by molar-refractivity contribution is 6.16. The zero-order valence-corrected chi connectivity index (χ0v) is 28.3. The van der Waals surface area contributed by atoms with Crippen LogP contribution >= 0.6 is 0 Å². The Labute approximate surface area is 300 Å². The summed E-state index contributed by atoms with van der Waals surface area (Å²) in [6, 6.07) is 68.1. The molecular weight excluding hydrogens is 631 g/mol. The molecule has 0 saturated carbocycles. The van der Waals surface area contributed by atoms with Gasteiger partial charge in [0.05, 0.1) is 11.0 Å². The van der Waals surface area contributed by atoms with E-state index < -0.39 is 0 Å². The first-order chi connectivity index (χ1) is 25.8. The SMILES string of the molecule is c1ccc2c(c1)cc(-c1ccc3c(c1)c1ccccc1n3-c1ccc(-c3ccc(-c4ccc5oc6ccccc6c5c4)cc3)cc1)c1ccccc12. The van der Waals surface area contributed by atoms with Gasteiger partial charge >= 0.3 is 0 Å². The standard InChI is InChI=1S/C50H31NO/c1-2-10-39-36(9-1)30-44(41-12-4-3-11-40(39)41)37-23-27-48-45(31-37)42-13-5-7-15-47(42)51(48)38-25-21-33(22-26-38)32-17-19-34(20-18-32)35-24-28-50-46(29-35)43-14-6-8-16-49(43)52-50/h1-31H. The van der Waals surface area contributed by atoms with Crippen LogP contribution < -0.4 is 0 Å². The summed E-state index contributed by atoms with van der Waals surface area (Å²) in [5.41, 5.74) is 12.7. The van der Waals surface area contributed by atoms with Gasteiger partial charge < -0.3 is 8.98 Å². The van der Waals surface area contributed by atoms with E-state index in [1.165, 1.54) is 76.7 Å². The number of rotatable bonds is 4. The van der Waals surface area contributed by atoms with Crippen molar-refractivity contribution in [2.24, 2.45) is 0 Å². The van der Waals surface area contributed by atoms with Crippen molar-refractivity contribution in [1.82, 2.24) is 4.57 Å². The van der Waals surface area contributed by atoms with Gasteiger partial charge in [-0.3, -0.25) is 0 Å². The van der Waals surface area contributed by atoms with Crippen LogP contribution in [0.5, 0.6) is 0 Å². The topological polar surface area (TPSA) is 18.1 Å². The number of benzene rings is 9. The number of hydrogen-bond acceptors (Lipinski definition) is 1. The molecule has 9 aromatic carbocycles. The fourth-order valence-corrected chi connectivity index (χ4v) is 8.28. The van der Waals surface area contributed by atoms with Crippen LogP contribution in [0.1, 0.15) is 0 Å². The van der Waals surface area contributed by atoms with Crippen molar-refractivity contribution in [2.45, 2.75) is 0 Å². The van der Waals surface area contributed by atoms with E-state index >= 15 is 0 Å². The van der Waals surface area contributed by atoms with E-state index in [0.717, 1.165) is 27.6 Å². The summed E-state index contributed by atoms with van der Waals surface area (Å²) in [7, 11) is 0. The Hall–Kier alpha value is -6.90. The zero-order valence-electron chi connectivity index (χ0n) is 28.3. The van der Waals surface area contributed by atoms with Gasteiger partial charge in [-0.25, -0.2) is 0 Å². The molecule has 0 radical (unpaired) electrons. The van der Waals surface area contributed by atoms with Crippen LogP contribution in [0.25, 0.3) is 104 Å². The molecule has 0 atom stereocenters. The van der Waals surface area contributed by atoms with Gasteiger partial charge in [-0.15, -0.1) is 0 Å². The van der Waals surface area contributed by atoms with Gasteiger partial charge in [-0.2, -0.15) is 0 Å². The van der Waals surface area contributed by atoms with Crippen LogP contribution in [0.15, 0.2) is 192 Å². The lowest BCUT2D eigenvalue weighted by atomic mass is 9.92. The number of fused-ring (bicyclic) bond motifs is 9. The monoisotopic (exact) mass is 661 g/mol. The molecule has 2 heteroatoms. The van der Waals surface area contributed by atoms with Gasteiger partial charge in [0.1, 0.15) is 11.2 Å². The van der Waals surface area contributed by atoms with Crippen LogP contribution in [0.3, 0.4) is 0 Å². The second-order valence-corrected chi connectivity index (χ2v) is 13.7. The van der Waals surface area contributed by atoms with Crippen LogP contribution in [0, 0.1) is 0 Å². The van der Waals surface area contributed by atoms with E-state index in [4.69, 9.17) is 4.42 Å². The molecule has 242 valence electrons. The Morgan fingerprint density at radius 2 is 0.846 bits per heavy atom. The van der Waals surface area contributed by atoms with Crippen LogP contribution in [-0.4, -0.2) is 4.57 Å². The molecule has 0 spiro atoms. The maximum Gasteiger partial charge on any atom is 0.135 e. The van der Waals surface area contributed by atoms with E-state index in [2.05, 4.69) is 180 Å². The Kier molecular flexibility index (Phi) is 6.28. The molecule has 2 heterocycles. The predicted octanol–water partition coefficient (Wildman–Crippen LogP) is 14.0. The molecular formula is C50H31NO. The normalized spacial score (nSPS) is 11.8. The minimum atomic E-state index is 0.920. The third kappa shape index (κ3) is 4.44. The molecule has 0 saturated heterocycles. The number of hydrogen-bond donors (Lipinski definition) is 0. The number of aromatic nitrogens is 1. The van der Waals surface area contributed by atoms with E-state index in [1.54, 1.807) is 0 Å². The summed E-state index contributed by atoms with van der Waals surface area (Å²) in [5, 5.41) is 9.93. The summed E-state index contributed by atoms with van der Waals surface area (Å²) in [6.07, 6.45) is 0. The first-order valence-electron chi connectivity index (χ1n) is 17.8. The third-order valence-corrected chi connectivity index (χ3v) is 10.8. The van der Waals surface area contributed by atoms with Gasteiger partial charge in [-0.05, 0) is 110 Å². The Morgan fingerprint density at radius 1 is 0.308 bits per heavy atom. The van der Waals surface area contributed by atoms with Gasteiger partial charge in [0, 0.05) is 27.2 Å². The third-order valence-electron chi connectivity index (χ3n) is 10.8. The average molecular weight is 662 g/mol. The van der Waals surface area contributed by atoms with Gasteiger partial charge in [0.15, 0.2) is 0 Å². The molecule has 0 fully saturated rings. The van der Waals surface area contributed by atoms with Crippen molar-refractivity contribution in [3.8, 4) is 39.1 Å². The quantitative estimate of drug-likeness (QED) is 0.172. The summed E-state index contributed by atoms with van der Waals surface area (Å²) in [6.45, 7) is 0. The second kappa shape index (κ2) is 11.3. The molecule has 52 heavy (non-hydrogen) atoms. The van der Waals surface area contributed by atoms with Crippen molar-refractivity contribution < 1.29 is 4.42 Å². The zero-order chi connectivity index (χ0) is 34.2. The van der Waals surface area contributed by atoms with Crippen molar-refractivity contribution in [2.75, 3.05) is 0 Å². The minimum Gasteiger partial charge on any atom is -0.456 e. The van der Waals surface area contributed by atoms with E-state index in [9.17, 15) is 0 Å². The lowest BCUT2D eigenvalue weighted by Crippen LogP contribution is -1.93. The van der Waals surface area contributed by atoms with Crippen LogP contribution in [0.2, 0.25) is 0 Å². The Morgan fingerprint density at radius 3 is 1.65 bits per heavy atom. The predicted molar refractivity (Wildman–Crippen MR) is 219 cm³/mol. The molecule has 11 rings (SSSR count). The van der Waals surface area contributed by atoms with Crippen molar-refractivity contribution in [1.29, 1.82) is 0 Å². The smallest absolute Gasteiger partial charge is 0.135 e. The summed E-state index contributed by atoms with van der Waals surface area (Å²) in [4.78, 5) is 0. The molecule has 0 bridgehead atoms. The molecule has 11 aromatic rings. The minimum absolute atomic E-state index is 0.920. The van der Waals surface area contributed by atoms with Crippen molar-refractivity contribution in [3.05, 3.63) is 188 Å². The van der Waals surface area contributed by atoms with Gasteiger partial charge in [-0.1, -0.05) is 133 Å². The Balaban J connectivity index is 0.963. The lowest BCUT2D eigenvalue weighted by molar-refractivity contribution is 0.669. The molecule has 0 aliphatic carbocycles. The average Bonchev–Trinajstić information content (AvgIpc) is 3.76. The molecule has 0 aliphatic rings. The van der Waals surface area contributed by atoms with Crippen LogP contribution in [-0.2, 0) is 0 Å². The first kappa shape index (κ1) is 28.9. The van der Waals surface area contributed by atoms with Gasteiger partial charge in [0.2, 0.25) is 0 Å². The molecule has 0 N–H and O–H groups in total.